The number of hydrogen-bond acceptors (Lipinski definition) is 2. The fourth-order valence-electron chi connectivity index (χ4n) is 2.16. The molecule has 20 heavy (non-hydrogen) atoms. The summed E-state index contributed by atoms with van der Waals surface area (Å²) in [5, 5.41) is 12.2. The molecule has 0 fully saturated rings. The first-order valence-corrected chi connectivity index (χ1v) is 6.37. The highest BCUT2D eigenvalue weighted by molar-refractivity contribution is 5.99. The zero-order valence-electron chi connectivity index (χ0n) is 10.8. The van der Waals surface area contributed by atoms with E-state index in [4.69, 9.17) is 0 Å². The number of nitrogens with one attached hydrogen (secondary N) is 1. The van der Waals surface area contributed by atoms with E-state index in [1.165, 1.54) is 0 Å². The number of nitrogens with zero attached hydrogens (tertiary/aromatic N) is 1. The number of hydrogen-bond donors (Lipinski definition) is 2. The van der Waals surface area contributed by atoms with E-state index in [0.717, 1.165) is 16.9 Å². The monoisotopic (exact) mass is 266 g/mol. The Morgan fingerprint density at radius 3 is 2.35 bits per heavy atom. The van der Waals surface area contributed by atoms with Crippen LogP contribution in [0.3, 0.4) is 0 Å². The third-order valence-corrected chi connectivity index (χ3v) is 3.21. The Labute approximate surface area is 117 Å². The number of amides is 2. The number of urea groups is 1. The number of aromatic hydroxyl groups is 1. The molecular formula is C16H14N2O2. The Morgan fingerprint density at radius 2 is 1.70 bits per heavy atom. The van der Waals surface area contributed by atoms with Crippen LogP contribution in [0.5, 0.6) is 5.75 Å². The average Bonchev–Trinajstić information content (AvgIpc) is 2.49. The topological polar surface area (TPSA) is 52.6 Å². The second-order valence-electron chi connectivity index (χ2n) is 4.54. The fourth-order valence-corrected chi connectivity index (χ4v) is 2.16. The van der Waals surface area contributed by atoms with Crippen molar-refractivity contribution in [3.8, 4) is 5.75 Å². The molecule has 0 saturated heterocycles. The van der Waals surface area contributed by atoms with Gasteiger partial charge in [-0.1, -0.05) is 30.3 Å². The van der Waals surface area contributed by atoms with Crippen molar-refractivity contribution in [2.75, 3.05) is 11.4 Å². The van der Waals surface area contributed by atoms with E-state index in [1.807, 2.05) is 36.4 Å². The smallest absolute Gasteiger partial charge is 0.326 e. The summed E-state index contributed by atoms with van der Waals surface area (Å²) >= 11 is 0. The van der Waals surface area contributed by atoms with Crippen molar-refractivity contribution in [2.24, 2.45) is 0 Å². The summed E-state index contributed by atoms with van der Waals surface area (Å²) in [6, 6.07) is 16.1. The minimum Gasteiger partial charge on any atom is -0.508 e. The van der Waals surface area contributed by atoms with Gasteiger partial charge in [0.15, 0.2) is 0 Å². The molecule has 0 saturated carbocycles. The lowest BCUT2D eigenvalue weighted by Gasteiger charge is -2.27. The van der Waals surface area contributed by atoms with Gasteiger partial charge < -0.3 is 10.4 Å². The molecule has 2 N–H and O–H groups in total. The number of anilines is 1. The molecule has 4 nitrogen and oxygen atoms in total. The molecule has 1 aliphatic heterocycles. The lowest BCUT2D eigenvalue weighted by atomic mass is 10.1. The van der Waals surface area contributed by atoms with Crippen LogP contribution in [0.25, 0.3) is 5.70 Å². The Hall–Kier alpha value is -2.75. The van der Waals surface area contributed by atoms with Gasteiger partial charge in [0.25, 0.3) is 0 Å². The molecule has 0 bridgehead atoms. The molecule has 0 radical (unpaired) electrons. The average molecular weight is 266 g/mol. The molecule has 1 heterocycles. The van der Waals surface area contributed by atoms with Crippen LogP contribution in [0.1, 0.15) is 5.56 Å². The van der Waals surface area contributed by atoms with Gasteiger partial charge in [0, 0.05) is 17.9 Å². The molecule has 3 rings (SSSR count). The second kappa shape index (κ2) is 5.09. The molecule has 2 aromatic carbocycles. The second-order valence-corrected chi connectivity index (χ2v) is 4.54. The zero-order valence-corrected chi connectivity index (χ0v) is 10.8. The van der Waals surface area contributed by atoms with Crippen molar-refractivity contribution < 1.29 is 9.90 Å². The molecule has 0 spiro atoms. The summed E-state index contributed by atoms with van der Waals surface area (Å²) in [4.78, 5) is 13.8. The lowest BCUT2D eigenvalue weighted by Crippen LogP contribution is -2.43. The van der Waals surface area contributed by atoms with Gasteiger partial charge in [-0.3, -0.25) is 4.90 Å². The highest BCUT2D eigenvalue weighted by Crippen LogP contribution is 2.22. The molecule has 0 aliphatic carbocycles. The Kier molecular flexibility index (Phi) is 3.13. The van der Waals surface area contributed by atoms with Crippen molar-refractivity contribution in [3.63, 3.8) is 0 Å². The molecule has 4 heteroatoms. The third kappa shape index (κ3) is 2.36. The van der Waals surface area contributed by atoms with Gasteiger partial charge in [-0.15, -0.1) is 0 Å². The van der Waals surface area contributed by atoms with Crippen LogP contribution in [-0.2, 0) is 0 Å². The van der Waals surface area contributed by atoms with E-state index in [1.54, 1.807) is 29.2 Å². The van der Waals surface area contributed by atoms with Crippen LogP contribution in [0.15, 0.2) is 60.7 Å². The number of phenols is 1. The van der Waals surface area contributed by atoms with Crippen molar-refractivity contribution in [2.45, 2.75) is 0 Å². The maximum absolute atomic E-state index is 12.2. The van der Waals surface area contributed by atoms with Crippen LogP contribution < -0.4 is 10.2 Å². The van der Waals surface area contributed by atoms with Crippen LogP contribution in [0, 0.1) is 0 Å². The van der Waals surface area contributed by atoms with E-state index in [2.05, 4.69) is 5.32 Å². The maximum Gasteiger partial charge on any atom is 0.326 e. The van der Waals surface area contributed by atoms with Crippen LogP contribution in [0.2, 0.25) is 0 Å². The zero-order chi connectivity index (χ0) is 13.9. The molecule has 100 valence electrons. The number of rotatable bonds is 2. The van der Waals surface area contributed by atoms with Gasteiger partial charge in [0.2, 0.25) is 0 Å². The summed E-state index contributed by atoms with van der Waals surface area (Å²) in [5.74, 6) is 0.187. The predicted molar refractivity (Wildman–Crippen MR) is 78.4 cm³/mol. The first kappa shape index (κ1) is 12.3. The standard InChI is InChI=1S/C16H14N2O2/c19-14-8-6-13(7-9-14)18-11-10-15(17-16(18)20)12-4-2-1-3-5-12/h1-10,19H,11H2,(H,17,20). The van der Waals surface area contributed by atoms with Crippen molar-refractivity contribution >= 4 is 17.4 Å². The fraction of sp³-hybridized carbons (Fsp3) is 0.0625. The maximum atomic E-state index is 12.2. The van der Waals surface area contributed by atoms with Crippen molar-refractivity contribution in [1.82, 2.24) is 5.32 Å². The summed E-state index contributed by atoms with van der Waals surface area (Å²) < 4.78 is 0. The molecule has 1 aliphatic rings. The number of carbonyl (C=O) groups is 1. The number of phenolic OH excluding ortho intramolecular Hbond substituents is 1. The Balaban J connectivity index is 1.84. The van der Waals surface area contributed by atoms with Gasteiger partial charge in [-0.2, -0.15) is 0 Å². The molecule has 0 aromatic heterocycles. The van der Waals surface area contributed by atoms with Crippen LogP contribution in [0.4, 0.5) is 10.5 Å². The normalized spacial score (nSPS) is 14.7. The van der Waals surface area contributed by atoms with Gasteiger partial charge >= 0.3 is 6.03 Å². The minimum atomic E-state index is -0.169. The summed E-state index contributed by atoms with van der Waals surface area (Å²) in [5.41, 5.74) is 2.57. The van der Waals surface area contributed by atoms with Gasteiger partial charge in [-0.05, 0) is 35.9 Å². The van der Waals surface area contributed by atoms with E-state index < -0.39 is 0 Å². The molecule has 2 amide bonds. The predicted octanol–water partition coefficient (Wildman–Crippen LogP) is 2.96. The summed E-state index contributed by atoms with van der Waals surface area (Å²) in [6.45, 7) is 0.501. The van der Waals surface area contributed by atoms with Crippen molar-refractivity contribution in [1.29, 1.82) is 0 Å². The summed E-state index contributed by atoms with van der Waals surface area (Å²) in [6.07, 6.45) is 1.98. The lowest BCUT2D eigenvalue weighted by molar-refractivity contribution is 0.250. The van der Waals surface area contributed by atoms with Crippen LogP contribution in [-0.4, -0.2) is 17.7 Å². The van der Waals surface area contributed by atoms with Crippen molar-refractivity contribution in [3.05, 3.63) is 66.2 Å². The molecule has 0 unspecified atom stereocenters. The van der Waals surface area contributed by atoms with E-state index in [0.29, 0.717) is 6.54 Å². The molecular weight excluding hydrogens is 252 g/mol. The minimum absolute atomic E-state index is 0.169. The summed E-state index contributed by atoms with van der Waals surface area (Å²) in [7, 11) is 0. The van der Waals surface area contributed by atoms with E-state index >= 15 is 0 Å². The van der Waals surface area contributed by atoms with Gasteiger partial charge in [0.1, 0.15) is 5.75 Å². The SMILES string of the molecule is O=C1NC(c2ccccc2)=CCN1c1ccc(O)cc1. The highest BCUT2D eigenvalue weighted by Gasteiger charge is 2.20. The quantitative estimate of drug-likeness (QED) is 0.878. The largest absolute Gasteiger partial charge is 0.508 e. The molecule has 0 atom stereocenters. The number of benzene rings is 2. The highest BCUT2D eigenvalue weighted by atomic mass is 16.3. The van der Waals surface area contributed by atoms with Gasteiger partial charge in [-0.25, -0.2) is 4.79 Å². The number of carbonyl (C=O) groups excluding carboxylic acids is 1. The Bertz CT molecular complexity index is 648. The first-order valence-electron chi connectivity index (χ1n) is 6.37. The molecule has 2 aromatic rings. The first-order chi connectivity index (χ1) is 9.74. The Morgan fingerprint density at radius 1 is 1.00 bits per heavy atom. The van der Waals surface area contributed by atoms with E-state index in [-0.39, 0.29) is 11.8 Å². The van der Waals surface area contributed by atoms with Gasteiger partial charge in [0.05, 0.1) is 0 Å². The van der Waals surface area contributed by atoms with E-state index in [9.17, 15) is 9.90 Å². The van der Waals surface area contributed by atoms with Crippen LogP contribution >= 0.6 is 0 Å². The third-order valence-electron chi connectivity index (χ3n) is 3.21.